The van der Waals surface area contributed by atoms with Gasteiger partial charge in [0.2, 0.25) is 5.91 Å². The van der Waals surface area contributed by atoms with E-state index in [0.717, 1.165) is 41.4 Å². The minimum absolute atomic E-state index is 0.00607. The molecule has 4 aliphatic rings. The molecule has 45 heavy (non-hydrogen) atoms. The van der Waals surface area contributed by atoms with E-state index >= 15 is 0 Å². The van der Waals surface area contributed by atoms with Gasteiger partial charge < -0.3 is 20.0 Å². The molecule has 4 aliphatic heterocycles. The van der Waals surface area contributed by atoms with Crippen LogP contribution >= 0.6 is 35.0 Å². The van der Waals surface area contributed by atoms with Crippen LogP contribution in [-0.2, 0) is 15.1 Å². The molecule has 1 N–H and O–H groups in total. The number of hydrogen-bond acceptors (Lipinski definition) is 6. The number of benzene rings is 2. The standard InChI is InChI=1S/C35H41Cl2N5O2S/c1-6-7-27-16-17-28(32(43)40-19-18-38-22(4)20-40)41(27)33(44)30-29(21(2)3)42-31(23-8-12-25(36)13-9-23)35(5,39-34(42)45-30)24-10-14-26(37)15-11-24/h8-17,21-22,27-28,31,38H,6-7,18-20H2,1-5H3/t22-,27-,28+,31-,35+/m1/s1. The molecule has 5 atom stereocenters. The van der Waals surface area contributed by atoms with E-state index in [2.05, 4.69) is 50.9 Å². The molecule has 1 saturated heterocycles. The first-order chi connectivity index (χ1) is 21.5. The Balaban J connectivity index is 1.41. The predicted molar refractivity (Wildman–Crippen MR) is 184 cm³/mol. The zero-order chi connectivity index (χ0) is 32.0. The van der Waals surface area contributed by atoms with Crippen molar-refractivity contribution in [2.45, 2.75) is 77.2 Å². The van der Waals surface area contributed by atoms with Crippen molar-refractivity contribution in [3.63, 3.8) is 0 Å². The third-order valence-electron chi connectivity index (χ3n) is 9.29. The highest BCUT2D eigenvalue weighted by Crippen LogP contribution is 2.56. The molecule has 1 fully saturated rings. The van der Waals surface area contributed by atoms with Gasteiger partial charge in [-0.25, -0.2) is 4.99 Å². The SMILES string of the molecule is CCC[C@@H]1C=C[C@@H](C(=O)N2CCN[C@H](C)C2)N1C(=O)C1=C(C(C)C)N2C(=N[C@@](C)(c3ccc(Cl)cc3)[C@H]2c2ccc(Cl)cc2)S1. The van der Waals surface area contributed by atoms with E-state index in [1.807, 2.05) is 64.4 Å². The van der Waals surface area contributed by atoms with E-state index in [1.54, 1.807) is 0 Å². The molecule has 7 nitrogen and oxygen atoms in total. The van der Waals surface area contributed by atoms with Crippen LogP contribution in [-0.4, -0.2) is 69.4 Å². The topological polar surface area (TPSA) is 68.2 Å². The van der Waals surface area contributed by atoms with Gasteiger partial charge in [-0.05, 0) is 73.3 Å². The smallest absolute Gasteiger partial charge is 0.263 e. The first-order valence-corrected chi connectivity index (χ1v) is 17.5. The van der Waals surface area contributed by atoms with Crippen molar-refractivity contribution >= 4 is 51.9 Å². The number of halogens is 2. The van der Waals surface area contributed by atoms with Gasteiger partial charge >= 0.3 is 0 Å². The number of aliphatic imine (C=N–C) groups is 1. The van der Waals surface area contributed by atoms with Gasteiger partial charge in [0.05, 0.1) is 12.1 Å². The number of nitrogens with one attached hydrogen (secondary N) is 1. The number of amidine groups is 1. The van der Waals surface area contributed by atoms with E-state index in [0.29, 0.717) is 28.0 Å². The van der Waals surface area contributed by atoms with Crippen LogP contribution < -0.4 is 5.32 Å². The van der Waals surface area contributed by atoms with Crippen molar-refractivity contribution in [1.29, 1.82) is 0 Å². The molecule has 238 valence electrons. The molecule has 0 aromatic heterocycles. The van der Waals surface area contributed by atoms with Gasteiger partial charge in [-0.2, -0.15) is 0 Å². The molecular formula is C35H41Cl2N5O2S. The molecule has 2 aromatic carbocycles. The Morgan fingerprint density at radius 3 is 2.36 bits per heavy atom. The van der Waals surface area contributed by atoms with Gasteiger partial charge in [-0.3, -0.25) is 9.59 Å². The van der Waals surface area contributed by atoms with Crippen molar-refractivity contribution in [3.05, 3.63) is 92.5 Å². The van der Waals surface area contributed by atoms with Crippen LogP contribution in [0.2, 0.25) is 10.0 Å². The second-order valence-corrected chi connectivity index (χ2v) is 14.7. The monoisotopic (exact) mass is 665 g/mol. The van der Waals surface area contributed by atoms with Crippen LogP contribution in [0.15, 0.2) is 76.3 Å². The van der Waals surface area contributed by atoms with Crippen LogP contribution in [0.5, 0.6) is 0 Å². The summed E-state index contributed by atoms with van der Waals surface area (Å²) in [6.07, 6.45) is 5.70. The fourth-order valence-electron chi connectivity index (χ4n) is 7.14. The second kappa shape index (κ2) is 12.8. The van der Waals surface area contributed by atoms with Gasteiger partial charge in [-0.15, -0.1) is 0 Å². The van der Waals surface area contributed by atoms with Crippen molar-refractivity contribution in [3.8, 4) is 0 Å². The van der Waals surface area contributed by atoms with E-state index in [4.69, 9.17) is 28.2 Å². The largest absolute Gasteiger partial charge is 0.338 e. The maximum absolute atomic E-state index is 14.8. The van der Waals surface area contributed by atoms with Crippen LogP contribution in [0.1, 0.15) is 64.6 Å². The molecule has 10 heteroatoms. The lowest BCUT2D eigenvalue weighted by atomic mass is 9.81. The number of piperazine rings is 1. The predicted octanol–water partition coefficient (Wildman–Crippen LogP) is 6.99. The summed E-state index contributed by atoms with van der Waals surface area (Å²) in [5, 5.41) is 5.53. The maximum Gasteiger partial charge on any atom is 0.263 e. The van der Waals surface area contributed by atoms with Crippen LogP contribution in [0.4, 0.5) is 0 Å². The molecule has 0 saturated carbocycles. The molecular weight excluding hydrogens is 625 g/mol. The number of allylic oxidation sites excluding steroid dienone is 1. The summed E-state index contributed by atoms with van der Waals surface area (Å²) in [6, 6.07) is 15.0. The summed E-state index contributed by atoms with van der Waals surface area (Å²) in [7, 11) is 0. The maximum atomic E-state index is 14.8. The highest BCUT2D eigenvalue weighted by Gasteiger charge is 2.54. The first kappa shape index (κ1) is 32.2. The third kappa shape index (κ3) is 5.84. The Kier molecular flexibility index (Phi) is 9.14. The Labute approximate surface area is 280 Å². The van der Waals surface area contributed by atoms with E-state index < -0.39 is 11.6 Å². The van der Waals surface area contributed by atoms with Gasteiger partial charge in [0.15, 0.2) is 5.17 Å². The molecule has 0 unspecified atom stereocenters. The zero-order valence-corrected chi connectivity index (χ0v) is 28.8. The Morgan fingerprint density at radius 2 is 1.73 bits per heavy atom. The lowest BCUT2D eigenvalue weighted by Crippen LogP contribution is -2.57. The Bertz CT molecular complexity index is 1560. The molecule has 2 aromatic rings. The van der Waals surface area contributed by atoms with Crippen molar-refractivity contribution in [2.24, 2.45) is 10.9 Å². The number of thioether (sulfide) groups is 1. The molecule has 2 amide bonds. The van der Waals surface area contributed by atoms with Crippen LogP contribution in [0, 0.1) is 5.92 Å². The highest BCUT2D eigenvalue weighted by molar-refractivity contribution is 8.18. The number of carbonyl (C=O) groups excluding carboxylic acids is 2. The molecule has 0 bridgehead atoms. The number of rotatable bonds is 7. The summed E-state index contributed by atoms with van der Waals surface area (Å²) in [4.78, 5) is 40.8. The zero-order valence-electron chi connectivity index (χ0n) is 26.5. The minimum Gasteiger partial charge on any atom is -0.338 e. The lowest BCUT2D eigenvalue weighted by molar-refractivity contribution is -0.143. The molecule has 6 rings (SSSR count). The Morgan fingerprint density at radius 1 is 1.07 bits per heavy atom. The normalized spacial score (nSPS) is 27.9. The summed E-state index contributed by atoms with van der Waals surface area (Å²) in [5.41, 5.74) is 2.38. The summed E-state index contributed by atoms with van der Waals surface area (Å²) in [6.45, 7) is 12.6. The van der Waals surface area contributed by atoms with Crippen molar-refractivity contribution in [2.75, 3.05) is 19.6 Å². The fraction of sp³-hybridized carbons (Fsp3) is 0.457. The highest BCUT2D eigenvalue weighted by atomic mass is 35.5. The molecule has 0 spiro atoms. The molecule has 0 radical (unpaired) electrons. The summed E-state index contributed by atoms with van der Waals surface area (Å²) >= 11 is 14.1. The average molecular weight is 667 g/mol. The lowest BCUT2D eigenvalue weighted by Gasteiger charge is -2.38. The van der Waals surface area contributed by atoms with Gasteiger partial charge in [0.1, 0.15) is 16.5 Å². The number of nitrogens with zero attached hydrogens (tertiary/aromatic N) is 4. The number of fused-ring (bicyclic) bond motifs is 1. The number of amides is 2. The van der Waals surface area contributed by atoms with Crippen molar-refractivity contribution in [1.82, 2.24) is 20.0 Å². The summed E-state index contributed by atoms with van der Waals surface area (Å²) < 4.78 is 0. The van der Waals surface area contributed by atoms with E-state index in [1.165, 1.54) is 11.8 Å². The van der Waals surface area contributed by atoms with Gasteiger partial charge in [0.25, 0.3) is 5.91 Å². The fourth-order valence-corrected chi connectivity index (χ4v) is 8.74. The molecule has 4 heterocycles. The first-order valence-electron chi connectivity index (χ1n) is 15.9. The van der Waals surface area contributed by atoms with Gasteiger partial charge in [0, 0.05) is 41.4 Å². The average Bonchev–Trinajstić information content (AvgIpc) is 3.67. The van der Waals surface area contributed by atoms with Crippen LogP contribution in [0.3, 0.4) is 0 Å². The quantitative estimate of drug-likeness (QED) is 0.323. The Hall–Kier alpha value is -2.78. The van der Waals surface area contributed by atoms with E-state index in [-0.39, 0.29) is 35.9 Å². The van der Waals surface area contributed by atoms with E-state index in [9.17, 15) is 9.59 Å². The van der Waals surface area contributed by atoms with Crippen LogP contribution in [0.25, 0.3) is 0 Å². The van der Waals surface area contributed by atoms with Gasteiger partial charge in [-0.1, -0.05) is 86.8 Å². The molecule has 0 aliphatic carbocycles. The number of hydrogen-bond donors (Lipinski definition) is 1. The summed E-state index contributed by atoms with van der Waals surface area (Å²) in [5.74, 6) is -0.0860. The third-order valence-corrected chi connectivity index (χ3v) is 10.9. The number of carbonyl (C=O) groups is 2. The van der Waals surface area contributed by atoms with Crippen molar-refractivity contribution < 1.29 is 9.59 Å². The second-order valence-electron chi connectivity index (χ2n) is 12.9. The minimum atomic E-state index is -0.646.